The zero-order chi connectivity index (χ0) is 13.0. The Morgan fingerprint density at radius 3 is 2.12 bits per heavy atom. The lowest BCUT2D eigenvalue weighted by molar-refractivity contribution is 0.210. The highest BCUT2D eigenvalue weighted by Crippen LogP contribution is 2.20. The smallest absolute Gasteiger partial charge is 0.280 e. The number of likely N-dealkylation sites (N-methyl/N-ethyl adjacent to an activating group) is 1. The normalized spacial score (nSPS) is 16.8. The Balaban J connectivity index is 5.13. The van der Waals surface area contributed by atoms with E-state index in [0.717, 1.165) is 0 Å². The summed E-state index contributed by atoms with van der Waals surface area (Å²) in [4.78, 5) is 0. The van der Waals surface area contributed by atoms with E-state index in [9.17, 15) is 8.42 Å². The summed E-state index contributed by atoms with van der Waals surface area (Å²) in [6, 6.07) is -0.113. The molecule has 0 aromatic carbocycles. The Morgan fingerprint density at radius 2 is 1.88 bits per heavy atom. The van der Waals surface area contributed by atoms with Crippen LogP contribution in [0.2, 0.25) is 0 Å². The third-order valence-electron chi connectivity index (χ3n) is 2.77. The van der Waals surface area contributed by atoms with Crippen molar-refractivity contribution in [1.29, 1.82) is 0 Å². The molecule has 98 valence electrons. The van der Waals surface area contributed by atoms with E-state index < -0.39 is 15.7 Å². The van der Waals surface area contributed by atoms with Gasteiger partial charge in [0.25, 0.3) is 10.2 Å². The van der Waals surface area contributed by atoms with Crippen LogP contribution in [0, 0.1) is 0 Å². The minimum absolute atomic E-state index is 0.113. The molecule has 0 fully saturated rings. The van der Waals surface area contributed by atoms with E-state index in [1.54, 1.807) is 13.8 Å². The van der Waals surface area contributed by atoms with Crippen molar-refractivity contribution in [3.8, 4) is 0 Å². The van der Waals surface area contributed by atoms with Crippen LogP contribution in [-0.4, -0.2) is 37.4 Å². The molecule has 0 aliphatic heterocycles. The summed E-state index contributed by atoms with van der Waals surface area (Å²) in [6.07, 6.45) is 0.691. The first-order valence-electron chi connectivity index (χ1n) is 5.73. The summed E-state index contributed by atoms with van der Waals surface area (Å²) in [6.45, 7) is 9.98. The minimum atomic E-state index is -3.45. The molecule has 0 aromatic rings. The van der Waals surface area contributed by atoms with Gasteiger partial charge >= 0.3 is 0 Å². The fourth-order valence-electron chi connectivity index (χ4n) is 1.63. The maximum Gasteiger partial charge on any atom is 0.280 e. The van der Waals surface area contributed by atoms with E-state index in [4.69, 9.17) is 5.73 Å². The first-order chi connectivity index (χ1) is 7.23. The predicted octanol–water partition coefficient (Wildman–Crippen LogP) is 0.679. The van der Waals surface area contributed by atoms with Crippen molar-refractivity contribution in [2.24, 2.45) is 5.73 Å². The van der Waals surface area contributed by atoms with Gasteiger partial charge in [0.1, 0.15) is 0 Å². The van der Waals surface area contributed by atoms with Crippen molar-refractivity contribution in [3.05, 3.63) is 0 Å². The molecule has 0 spiro atoms. The van der Waals surface area contributed by atoms with Gasteiger partial charge < -0.3 is 5.73 Å². The van der Waals surface area contributed by atoms with Crippen LogP contribution in [0.25, 0.3) is 0 Å². The Kier molecular flexibility index (Phi) is 5.89. The molecule has 0 bridgehead atoms. The van der Waals surface area contributed by atoms with Crippen molar-refractivity contribution < 1.29 is 8.42 Å². The van der Waals surface area contributed by atoms with Crippen LogP contribution >= 0.6 is 0 Å². The van der Waals surface area contributed by atoms with E-state index in [-0.39, 0.29) is 6.04 Å². The van der Waals surface area contributed by atoms with Gasteiger partial charge in [0, 0.05) is 24.7 Å². The fraction of sp³-hybridized carbons (Fsp3) is 1.00. The topological polar surface area (TPSA) is 75.4 Å². The Labute approximate surface area is 99.6 Å². The molecule has 1 atom stereocenters. The van der Waals surface area contributed by atoms with Crippen LogP contribution in [0.4, 0.5) is 0 Å². The van der Waals surface area contributed by atoms with Gasteiger partial charge in [-0.2, -0.15) is 17.4 Å². The average Bonchev–Trinajstić information content (AvgIpc) is 2.15. The quantitative estimate of drug-likeness (QED) is 0.698. The first kappa shape index (κ1) is 15.8. The maximum absolute atomic E-state index is 12.1. The molecule has 0 rings (SSSR count). The lowest BCUT2D eigenvalue weighted by Gasteiger charge is -2.38. The molecule has 0 saturated heterocycles. The highest BCUT2D eigenvalue weighted by Gasteiger charge is 2.36. The molecule has 0 radical (unpaired) electrons. The summed E-state index contributed by atoms with van der Waals surface area (Å²) >= 11 is 0. The molecular formula is C10H25N3O2S. The molecule has 0 aliphatic carbocycles. The zero-order valence-electron chi connectivity index (χ0n) is 10.9. The van der Waals surface area contributed by atoms with Gasteiger partial charge in [0.15, 0.2) is 0 Å². The Morgan fingerprint density at radius 1 is 1.38 bits per heavy atom. The Hall–Kier alpha value is -0.170. The standard InChI is InChI=1S/C10H25N3O2S/c1-6-10(5,8-11)13(7-2)16(14,15)12-9(3)4/h9,12H,6-8,11H2,1-5H3. The van der Waals surface area contributed by atoms with Crippen LogP contribution in [0.5, 0.6) is 0 Å². The lowest BCUT2D eigenvalue weighted by atomic mass is 9.99. The molecule has 0 aromatic heterocycles. The maximum atomic E-state index is 12.1. The molecule has 0 amide bonds. The number of nitrogens with one attached hydrogen (secondary N) is 1. The van der Waals surface area contributed by atoms with Gasteiger partial charge in [-0.1, -0.05) is 13.8 Å². The minimum Gasteiger partial charge on any atom is -0.329 e. The largest absolute Gasteiger partial charge is 0.329 e. The molecule has 5 nitrogen and oxygen atoms in total. The number of nitrogens with two attached hydrogens (primary N) is 1. The second-order valence-electron chi connectivity index (χ2n) is 4.50. The number of rotatable bonds is 7. The fourth-order valence-corrected chi connectivity index (χ4v) is 3.47. The van der Waals surface area contributed by atoms with Crippen molar-refractivity contribution in [1.82, 2.24) is 9.03 Å². The van der Waals surface area contributed by atoms with Gasteiger partial charge in [-0.15, -0.1) is 0 Å². The van der Waals surface area contributed by atoms with Crippen molar-refractivity contribution in [3.63, 3.8) is 0 Å². The lowest BCUT2D eigenvalue weighted by Crippen LogP contribution is -2.57. The monoisotopic (exact) mass is 251 g/mol. The van der Waals surface area contributed by atoms with E-state index in [0.29, 0.717) is 19.5 Å². The highest BCUT2D eigenvalue weighted by atomic mass is 32.2. The van der Waals surface area contributed by atoms with Crippen LogP contribution in [0.15, 0.2) is 0 Å². The van der Waals surface area contributed by atoms with E-state index in [1.807, 2.05) is 20.8 Å². The highest BCUT2D eigenvalue weighted by molar-refractivity contribution is 7.87. The molecule has 0 aliphatic rings. The molecular weight excluding hydrogens is 226 g/mol. The molecule has 0 saturated carbocycles. The molecule has 6 heteroatoms. The summed E-state index contributed by atoms with van der Waals surface area (Å²) in [5.41, 5.74) is 5.17. The molecule has 3 N–H and O–H groups in total. The molecule has 1 unspecified atom stereocenters. The number of hydrogen-bond donors (Lipinski definition) is 2. The van der Waals surface area contributed by atoms with E-state index in [2.05, 4.69) is 4.72 Å². The van der Waals surface area contributed by atoms with Crippen LogP contribution < -0.4 is 10.5 Å². The van der Waals surface area contributed by atoms with Gasteiger partial charge in [-0.25, -0.2) is 0 Å². The number of nitrogens with zero attached hydrogens (tertiary/aromatic N) is 1. The number of hydrogen-bond acceptors (Lipinski definition) is 3. The van der Waals surface area contributed by atoms with E-state index in [1.165, 1.54) is 4.31 Å². The molecule has 0 heterocycles. The predicted molar refractivity (Wildman–Crippen MR) is 67.3 cm³/mol. The Bertz CT molecular complexity index is 297. The molecule has 16 heavy (non-hydrogen) atoms. The van der Waals surface area contributed by atoms with Gasteiger partial charge in [-0.05, 0) is 27.2 Å². The summed E-state index contributed by atoms with van der Waals surface area (Å²) in [5.74, 6) is 0. The SMILES string of the molecule is CCN(C(C)(CC)CN)S(=O)(=O)NC(C)C. The summed E-state index contributed by atoms with van der Waals surface area (Å²) < 4.78 is 28.2. The zero-order valence-corrected chi connectivity index (χ0v) is 11.8. The van der Waals surface area contributed by atoms with E-state index >= 15 is 0 Å². The van der Waals surface area contributed by atoms with Crippen LogP contribution in [-0.2, 0) is 10.2 Å². The third-order valence-corrected chi connectivity index (χ3v) is 4.81. The van der Waals surface area contributed by atoms with Crippen molar-refractivity contribution in [2.45, 2.75) is 52.6 Å². The first-order valence-corrected chi connectivity index (χ1v) is 7.17. The van der Waals surface area contributed by atoms with Gasteiger partial charge in [0.05, 0.1) is 0 Å². The third kappa shape index (κ3) is 3.69. The summed E-state index contributed by atoms with van der Waals surface area (Å²) in [5, 5.41) is 0. The average molecular weight is 251 g/mol. The van der Waals surface area contributed by atoms with Crippen molar-refractivity contribution in [2.75, 3.05) is 13.1 Å². The van der Waals surface area contributed by atoms with Crippen LogP contribution in [0.3, 0.4) is 0 Å². The van der Waals surface area contributed by atoms with Crippen LogP contribution in [0.1, 0.15) is 41.0 Å². The summed E-state index contributed by atoms with van der Waals surface area (Å²) in [7, 11) is -3.45. The second-order valence-corrected chi connectivity index (χ2v) is 6.12. The second kappa shape index (κ2) is 5.95. The van der Waals surface area contributed by atoms with Gasteiger partial charge in [0.2, 0.25) is 0 Å². The van der Waals surface area contributed by atoms with Crippen molar-refractivity contribution >= 4 is 10.2 Å². The van der Waals surface area contributed by atoms with Gasteiger partial charge in [-0.3, -0.25) is 0 Å².